The molecule has 0 aliphatic heterocycles. The molecule has 0 fully saturated rings. The molecule has 2 N–H and O–H groups in total. The summed E-state index contributed by atoms with van der Waals surface area (Å²) >= 11 is 0. The highest BCUT2D eigenvalue weighted by molar-refractivity contribution is 7.89. The number of sulfonamides is 1. The molecule has 0 unspecified atom stereocenters. The van der Waals surface area contributed by atoms with Crippen molar-refractivity contribution in [3.05, 3.63) is 59.7 Å². The lowest BCUT2D eigenvalue weighted by Crippen LogP contribution is -2.29. The summed E-state index contributed by atoms with van der Waals surface area (Å²) in [7, 11) is -3.53. The molecule has 9 heteroatoms. The van der Waals surface area contributed by atoms with E-state index in [-0.39, 0.29) is 11.4 Å². The molecule has 0 amide bonds. The molecule has 1 aromatic heterocycles. The Morgan fingerprint density at radius 2 is 1.54 bits per heavy atom. The van der Waals surface area contributed by atoms with Gasteiger partial charge >= 0.3 is 0 Å². The minimum atomic E-state index is -3.53. The fourth-order valence-corrected chi connectivity index (χ4v) is 3.35. The zero-order chi connectivity index (χ0) is 18.6. The minimum absolute atomic E-state index is 0.205. The Kier molecular flexibility index (Phi) is 5.29. The third-order valence-electron chi connectivity index (χ3n) is 3.78. The highest BCUT2D eigenvalue weighted by atomic mass is 32.2. The van der Waals surface area contributed by atoms with Gasteiger partial charge in [-0.15, -0.1) is 0 Å². The van der Waals surface area contributed by atoms with Crippen LogP contribution in [0.4, 0.5) is 5.95 Å². The van der Waals surface area contributed by atoms with E-state index in [4.69, 9.17) is 0 Å². The monoisotopic (exact) mass is 372 g/mol. The van der Waals surface area contributed by atoms with Crippen LogP contribution < -0.4 is 10.0 Å². The number of benzene rings is 2. The third kappa shape index (κ3) is 4.24. The van der Waals surface area contributed by atoms with Crippen molar-refractivity contribution < 1.29 is 8.42 Å². The fourth-order valence-electron chi connectivity index (χ4n) is 2.32. The van der Waals surface area contributed by atoms with Crippen LogP contribution in [0, 0.1) is 13.8 Å². The summed E-state index contributed by atoms with van der Waals surface area (Å²) in [6.45, 7) is 4.46. The summed E-state index contributed by atoms with van der Waals surface area (Å²) in [5, 5.41) is 14.6. The van der Waals surface area contributed by atoms with Crippen molar-refractivity contribution in [3.8, 4) is 5.69 Å². The number of hydrogen-bond acceptors (Lipinski definition) is 6. The summed E-state index contributed by atoms with van der Waals surface area (Å²) in [4.78, 5) is 0.243. The second-order valence-corrected chi connectivity index (χ2v) is 7.65. The van der Waals surface area contributed by atoms with Gasteiger partial charge in [-0.2, -0.15) is 4.68 Å². The van der Waals surface area contributed by atoms with Gasteiger partial charge in [-0.1, -0.05) is 40.5 Å². The van der Waals surface area contributed by atoms with Crippen LogP contribution in [0.5, 0.6) is 0 Å². The summed E-state index contributed by atoms with van der Waals surface area (Å²) in [5.74, 6) is 0.448. The average molecular weight is 372 g/mol. The van der Waals surface area contributed by atoms with E-state index in [0.29, 0.717) is 12.5 Å². The molecule has 0 saturated heterocycles. The molecular weight excluding hydrogens is 352 g/mol. The van der Waals surface area contributed by atoms with Crippen molar-refractivity contribution in [3.63, 3.8) is 0 Å². The average Bonchev–Trinajstić information content (AvgIpc) is 3.08. The number of hydrogen-bond donors (Lipinski definition) is 2. The van der Waals surface area contributed by atoms with Crippen molar-refractivity contribution in [1.29, 1.82) is 0 Å². The second-order valence-electron chi connectivity index (χ2n) is 5.89. The molecule has 26 heavy (non-hydrogen) atoms. The quantitative estimate of drug-likeness (QED) is 0.612. The molecule has 2 aromatic carbocycles. The first kappa shape index (κ1) is 18.0. The number of nitrogens with one attached hydrogen (secondary N) is 2. The molecule has 0 bridgehead atoms. The largest absolute Gasteiger partial charge is 0.351 e. The van der Waals surface area contributed by atoms with Crippen LogP contribution in [0.25, 0.3) is 5.69 Å². The van der Waals surface area contributed by atoms with Gasteiger partial charge in [0, 0.05) is 13.1 Å². The Morgan fingerprint density at radius 1 is 0.923 bits per heavy atom. The molecule has 0 saturated carbocycles. The van der Waals surface area contributed by atoms with E-state index in [1.54, 1.807) is 28.9 Å². The fraction of sp³-hybridized carbons (Fsp3) is 0.235. The molecule has 1 heterocycles. The summed E-state index contributed by atoms with van der Waals surface area (Å²) in [6, 6.07) is 14.5. The van der Waals surface area contributed by atoms with Crippen molar-refractivity contribution in [2.45, 2.75) is 18.7 Å². The molecule has 3 rings (SSSR count). The first-order valence-electron chi connectivity index (χ1n) is 8.11. The zero-order valence-electron chi connectivity index (χ0n) is 14.5. The molecule has 8 nitrogen and oxygen atoms in total. The van der Waals surface area contributed by atoms with Crippen molar-refractivity contribution in [1.82, 2.24) is 24.9 Å². The Morgan fingerprint density at radius 3 is 2.19 bits per heavy atom. The number of aryl methyl sites for hydroxylation is 2. The summed E-state index contributed by atoms with van der Waals surface area (Å²) in [6.07, 6.45) is 0. The van der Waals surface area contributed by atoms with E-state index >= 15 is 0 Å². The molecule has 0 atom stereocenters. The topological polar surface area (TPSA) is 102 Å². The normalized spacial score (nSPS) is 11.5. The zero-order valence-corrected chi connectivity index (χ0v) is 15.4. The highest BCUT2D eigenvalue weighted by Gasteiger charge is 2.13. The van der Waals surface area contributed by atoms with Crippen molar-refractivity contribution >= 4 is 16.0 Å². The Hall–Kier alpha value is -2.78. The maximum absolute atomic E-state index is 12.2. The highest BCUT2D eigenvalue weighted by Crippen LogP contribution is 2.12. The number of rotatable bonds is 7. The van der Waals surface area contributed by atoms with E-state index in [0.717, 1.165) is 16.8 Å². The lowest BCUT2D eigenvalue weighted by atomic mass is 10.2. The van der Waals surface area contributed by atoms with Crippen LogP contribution in [0.2, 0.25) is 0 Å². The predicted octanol–water partition coefficient (Wildman–Crippen LogP) is 1.67. The molecule has 0 radical (unpaired) electrons. The van der Waals surface area contributed by atoms with Gasteiger partial charge in [-0.25, -0.2) is 13.1 Å². The lowest BCUT2D eigenvalue weighted by molar-refractivity contribution is 0.583. The van der Waals surface area contributed by atoms with Crippen molar-refractivity contribution in [2.75, 3.05) is 18.4 Å². The Balaban J connectivity index is 1.58. The van der Waals surface area contributed by atoms with Crippen LogP contribution in [-0.4, -0.2) is 41.7 Å². The summed E-state index contributed by atoms with van der Waals surface area (Å²) < 4.78 is 28.6. The standard InChI is InChI=1S/C17H20N6O2S/c1-13-3-7-15(8-4-13)23-17(20-21-22-23)18-11-12-19-26(24,25)16-9-5-14(2)6-10-16/h3-10,19H,11-12H2,1-2H3,(H,18,20,22). The Labute approximate surface area is 152 Å². The molecular formula is C17H20N6O2S. The van der Waals surface area contributed by atoms with Crippen LogP contribution in [0.1, 0.15) is 11.1 Å². The van der Waals surface area contributed by atoms with Gasteiger partial charge in [0.05, 0.1) is 10.6 Å². The molecule has 0 aliphatic rings. The van der Waals surface area contributed by atoms with Crippen LogP contribution in [0.3, 0.4) is 0 Å². The smallest absolute Gasteiger partial charge is 0.247 e. The van der Waals surface area contributed by atoms with Gasteiger partial charge in [0.1, 0.15) is 0 Å². The van der Waals surface area contributed by atoms with Gasteiger partial charge in [-0.05, 0) is 48.5 Å². The maximum atomic E-state index is 12.2. The lowest BCUT2D eigenvalue weighted by Gasteiger charge is -2.09. The SMILES string of the molecule is Cc1ccc(-n2nnnc2NCCNS(=O)(=O)c2ccc(C)cc2)cc1. The van der Waals surface area contributed by atoms with E-state index in [1.165, 1.54) is 0 Å². The van der Waals surface area contributed by atoms with E-state index in [9.17, 15) is 8.42 Å². The van der Waals surface area contributed by atoms with Crippen molar-refractivity contribution in [2.24, 2.45) is 0 Å². The third-order valence-corrected chi connectivity index (χ3v) is 5.26. The van der Waals surface area contributed by atoms with Gasteiger partial charge in [0.25, 0.3) is 0 Å². The molecule has 0 spiro atoms. The molecule has 3 aromatic rings. The molecule has 0 aliphatic carbocycles. The maximum Gasteiger partial charge on any atom is 0.247 e. The second kappa shape index (κ2) is 7.63. The van der Waals surface area contributed by atoms with E-state index in [2.05, 4.69) is 25.6 Å². The first-order chi connectivity index (χ1) is 12.5. The van der Waals surface area contributed by atoms with Gasteiger partial charge < -0.3 is 5.32 Å². The van der Waals surface area contributed by atoms with Crippen LogP contribution in [0.15, 0.2) is 53.4 Å². The van der Waals surface area contributed by atoms with E-state index in [1.807, 2.05) is 38.1 Å². The van der Waals surface area contributed by atoms with E-state index < -0.39 is 10.0 Å². The predicted molar refractivity (Wildman–Crippen MR) is 98.7 cm³/mol. The van der Waals surface area contributed by atoms with Gasteiger partial charge in [0.2, 0.25) is 16.0 Å². The van der Waals surface area contributed by atoms with Crippen LogP contribution in [-0.2, 0) is 10.0 Å². The first-order valence-corrected chi connectivity index (χ1v) is 9.60. The Bertz CT molecular complexity index is 965. The number of aromatic nitrogens is 4. The van der Waals surface area contributed by atoms with Gasteiger partial charge in [-0.3, -0.25) is 0 Å². The number of anilines is 1. The molecule has 136 valence electrons. The van der Waals surface area contributed by atoms with Crippen LogP contribution >= 0.6 is 0 Å². The minimum Gasteiger partial charge on any atom is -0.351 e. The van der Waals surface area contributed by atoms with Gasteiger partial charge in [0.15, 0.2) is 0 Å². The number of nitrogens with zero attached hydrogens (tertiary/aromatic N) is 4. The summed E-state index contributed by atoms with van der Waals surface area (Å²) in [5.41, 5.74) is 2.97. The number of tetrazole rings is 1.